The molecule has 15 heavy (non-hydrogen) atoms. The van der Waals surface area contributed by atoms with Crippen molar-refractivity contribution in [3.8, 4) is 11.5 Å². The SMILES string of the molecule is COc1cc(Cl)cc(/C=C/CO)c1OC. The number of aliphatic hydroxyl groups excluding tert-OH is 1. The van der Waals surface area contributed by atoms with E-state index in [0.29, 0.717) is 16.5 Å². The quantitative estimate of drug-likeness (QED) is 0.860. The summed E-state index contributed by atoms with van der Waals surface area (Å²) in [5.74, 6) is 1.18. The Kier molecular flexibility index (Phi) is 4.46. The summed E-state index contributed by atoms with van der Waals surface area (Å²) in [6.07, 6.45) is 3.33. The fraction of sp³-hybridized carbons (Fsp3) is 0.273. The van der Waals surface area contributed by atoms with Gasteiger partial charge in [-0.2, -0.15) is 0 Å². The molecule has 82 valence electrons. The number of rotatable bonds is 4. The first-order valence-corrected chi connectivity index (χ1v) is 4.79. The summed E-state index contributed by atoms with van der Waals surface area (Å²) in [6, 6.07) is 3.42. The van der Waals surface area contributed by atoms with Crippen LogP contribution in [0.5, 0.6) is 11.5 Å². The van der Waals surface area contributed by atoms with E-state index in [1.54, 1.807) is 38.5 Å². The largest absolute Gasteiger partial charge is 0.493 e. The Morgan fingerprint density at radius 2 is 2.07 bits per heavy atom. The molecule has 0 saturated carbocycles. The number of benzene rings is 1. The number of hydrogen-bond acceptors (Lipinski definition) is 3. The van der Waals surface area contributed by atoms with Crippen molar-refractivity contribution in [3.05, 3.63) is 28.8 Å². The van der Waals surface area contributed by atoms with Crippen LogP contribution >= 0.6 is 11.6 Å². The van der Waals surface area contributed by atoms with E-state index in [0.717, 1.165) is 5.56 Å². The lowest BCUT2D eigenvalue weighted by Crippen LogP contribution is -1.93. The number of hydrogen-bond donors (Lipinski definition) is 1. The molecule has 0 radical (unpaired) electrons. The van der Waals surface area contributed by atoms with Crippen molar-refractivity contribution in [2.75, 3.05) is 20.8 Å². The first-order valence-electron chi connectivity index (χ1n) is 4.41. The van der Waals surface area contributed by atoms with Gasteiger partial charge in [0.25, 0.3) is 0 Å². The smallest absolute Gasteiger partial charge is 0.168 e. The highest BCUT2D eigenvalue weighted by molar-refractivity contribution is 6.31. The van der Waals surface area contributed by atoms with E-state index in [1.165, 1.54) is 0 Å². The maximum Gasteiger partial charge on any atom is 0.168 e. The summed E-state index contributed by atoms with van der Waals surface area (Å²) < 4.78 is 10.3. The van der Waals surface area contributed by atoms with Gasteiger partial charge in [-0.1, -0.05) is 23.8 Å². The molecule has 0 heterocycles. The third-order valence-corrected chi connectivity index (χ3v) is 2.09. The fourth-order valence-corrected chi connectivity index (χ4v) is 1.48. The normalized spacial score (nSPS) is 10.7. The maximum atomic E-state index is 8.70. The van der Waals surface area contributed by atoms with Crippen LogP contribution < -0.4 is 9.47 Å². The summed E-state index contributed by atoms with van der Waals surface area (Å²) in [4.78, 5) is 0. The minimum absolute atomic E-state index is 0.0298. The molecule has 0 spiro atoms. The van der Waals surface area contributed by atoms with Crippen LogP contribution in [0.15, 0.2) is 18.2 Å². The third kappa shape index (κ3) is 2.88. The van der Waals surface area contributed by atoms with E-state index in [4.69, 9.17) is 26.2 Å². The molecule has 0 aromatic heterocycles. The van der Waals surface area contributed by atoms with Crippen molar-refractivity contribution < 1.29 is 14.6 Å². The molecule has 3 nitrogen and oxygen atoms in total. The Morgan fingerprint density at radius 1 is 1.33 bits per heavy atom. The third-order valence-electron chi connectivity index (χ3n) is 1.88. The van der Waals surface area contributed by atoms with Crippen LogP contribution in [0.2, 0.25) is 5.02 Å². The predicted octanol–water partition coefficient (Wildman–Crippen LogP) is 2.36. The molecule has 0 aliphatic carbocycles. The Labute approximate surface area is 93.9 Å². The highest BCUT2D eigenvalue weighted by Gasteiger charge is 2.09. The van der Waals surface area contributed by atoms with Gasteiger partial charge >= 0.3 is 0 Å². The van der Waals surface area contributed by atoms with Crippen molar-refractivity contribution in [2.45, 2.75) is 0 Å². The van der Waals surface area contributed by atoms with Crippen molar-refractivity contribution >= 4 is 17.7 Å². The van der Waals surface area contributed by atoms with Gasteiger partial charge in [0.2, 0.25) is 0 Å². The molecule has 0 amide bonds. The molecule has 0 fully saturated rings. The Morgan fingerprint density at radius 3 is 2.60 bits per heavy atom. The molecule has 1 aromatic rings. The molecule has 0 atom stereocenters. The average Bonchev–Trinajstić information content (AvgIpc) is 2.25. The first kappa shape index (κ1) is 11.9. The second-order valence-corrected chi connectivity index (χ2v) is 3.25. The molecule has 1 aromatic carbocycles. The zero-order valence-electron chi connectivity index (χ0n) is 8.66. The maximum absolute atomic E-state index is 8.70. The highest BCUT2D eigenvalue weighted by Crippen LogP contribution is 2.35. The van der Waals surface area contributed by atoms with Crippen LogP contribution in [-0.2, 0) is 0 Å². The molecular weight excluding hydrogens is 216 g/mol. The molecule has 0 bridgehead atoms. The van der Waals surface area contributed by atoms with E-state index >= 15 is 0 Å². The predicted molar refractivity (Wildman–Crippen MR) is 60.7 cm³/mol. The van der Waals surface area contributed by atoms with Gasteiger partial charge in [-0.3, -0.25) is 0 Å². The molecule has 4 heteroatoms. The molecular formula is C11H13ClO3. The number of aliphatic hydroxyl groups is 1. The van der Waals surface area contributed by atoms with Gasteiger partial charge in [0.1, 0.15) is 0 Å². The lowest BCUT2D eigenvalue weighted by molar-refractivity contribution is 0.343. The molecule has 0 saturated heterocycles. The second kappa shape index (κ2) is 5.63. The summed E-state index contributed by atoms with van der Waals surface area (Å²) in [5, 5.41) is 9.26. The topological polar surface area (TPSA) is 38.7 Å². The Bertz CT molecular complexity index is 361. The van der Waals surface area contributed by atoms with E-state index in [9.17, 15) is 0 Å². The van der Waals surface area contributed by atoms with Gasteiger partial charge in [0.05, 0.1) is 20.8 Å². The standard InChI is InChI=1S/C11H13ClO3/c1-14-10-7-9(12)6-8(4-3-5-13)11(10)15-2/h3-4,6-7,13H,5H2,1-2H3/b4-3+. The van der Waals surface area contributed by atoms with Crippen LogP contribution in [0.3, 0.4) is 0 Å². The average molecular weight is 229 g/mol. The van der Waals surface area contributed by atoms with Gasteiger partial charge in [-0.25, -0.2) is 0 Å². The molecule has 0 aliphatic heterocycles. The summed E-state index contributed by atoms with van der Waals surface area (Å²) in [7, 11) is 3.11. The van der Waals surface area contributed by atoms with Crippen LogP contribution in [0.25, 0.3) is 6.08 Å². The zero-order valence-corrected chi connectivity index (χ0v) is 9.41. The summed E-state index contributed by atoms with van der Waals surface area (Å²) >= 11 is 5.90. The number of methoxy groups -OCH3 is 2. The Balaban J connectivity index is 3.22. The lowest BCUT2D eigenvalue weighted by atomic mass is 10.1. The molecule has 0 unspecified atom stereocenters. The Hall–Kier alpha value is -1.19. The van der Waals surface area contributed by atoms with Crippen LogP contribution in [0.1, 0.15) is 5.56 Å². The summed E-state index contributed by atoms with van der Waals surface area (Å²) in [6.45, 7) is -0.0298. The van der Waals surface area contributed by atoms with Gasteiger partial charge in [0.15, 0.2) is 11.5 Å². The van der Waals surface area contributed by atoms with Crippen molar-refractivity contribution in [3.63, 3.8) is 0 Å². The van der Waals surface area contributed by atoms with Gasteiger partial charge in [0, 0.05) is 16.7 Å². The van der Waals surface area contributed by atoms with Crippen LogP contribution in [0, 0.1) is 0 Å². The van der Waals surface area contributed by atoms with Crippen LogP contribution in [0.4, 0.5) is 0 Å². The van der Waals surface area contributed by atoms with Crippen molar-refractivity contribution in [1.29, 1.82) is 0 Å². The van der Waals surface area contributed by atoms with Gasteiger partial charge in [-0.05, 0) is 6.07 Å². The van der Waals surface area contributed by atoms with Crippen molar-refractivity contribution in [2.24, 2.45) is 0 Å². The first-order chi connectivity index (χ1) is 7.22. The fourth-order valence-electron chi connectivity index (χ4n) is 1.26. The van der Waals surface area contributed by atoms with Crippen LogP contribution in [-0.4, -0.2) is 25.9 Å². The molecule has 0 aliphatic rings. The number of ether oxygens (including phenoxy) is 2. The van der Waals surface area contributed by atoms with E-state index in [-0.39, 0.29) is 6.61 Å². The molecule has 1 rings (SSSR count). The van der Waals surface area contributed by atoms with E-state index in [1.807, 2.05) is 0 Å². The van der Waals surface area contributed by atoms with Gasteiger partial charge < -0.3 is 14.6 Å². The highest BCUT2D eigenvalue weighted by atomic mass is 35.5. The van der Waals surface area contributed by atoms with E-state index < -0.39 is 0 Å². The molecule has 1 N–H and O–H groups in total. The van der Waals surface area contributed by atoms with Crippen molar-refractivity contribution in [1.82, 2.24) is 0 Å². The van der Waals surface area contributed by atoms with Gasteiger partial charge in [-0.15, -0.1) is 0 Å². The minimum atomic E-state index is -0.0298. The van der Waals surface area contributed by atoms with E-state index in [2.05, 4.69) is 0 Å². The monoisotopic (exact) mass is 228 g/mol. The second-order valence-electron chi connectivity index (χ2n) is 2.82. The minimum Gasteiger partial charge on any atom is -0.493 e. The summed E-state index contributed by atoms with van der Waals surface area (Å²) in [5.41, 5.74) is 0.774. The zero-order chi connectivity index (χ0) is 11.3. The number of halogens is 1. The lowest BCUT2D eigenvalue weighted by Gasteiger charge is -2.10.